The average Bonchev–Trinajstić information content (AvgIpc) is 3.36. The Morgan fingerprint density at radius 1 is 1.18 bits per heavy atom. The van der Waals surface area contributed by atoms with Crippen molar-refractivity contribution in [3.8, 4) is 0 Å². The zero-order valence-electron chi connectivity index (χ0n) is 20.2. The number of benzene rings is 1. The number of carbonyl (C=O) groups is 1. The van der Waals surface area contributed by atoms with Gasteiger partial charge in [0.05, 0.1) is 12.8 Å². The molecule has 1 atom stereocenters. The molecule has 1 fully saturated rings. The first-order chi connectivity index (χ1) is 16.4. The molecular formula is C24H32N8O2. The van der Waals surface area contributed by atoms with E-state index in [0.29, 0.717) is 47.4 Å². The standard InChI is InChI=1S/C24H32N8O2/c1-16-5-6-18(23(33)25-12-17-7-10-34-14-17)11-19(16)29-22-21-20(27-15-28-22)13-26-24(30-21)32(4)9-8-31(2)3/h5-6,11,13,15,17H,7-10,12,14H2,1-4H3,(H,25,33)(H,27,28,29). The first kappa shape index (κ1) is 23.8. The van der Waals surface area contributed by atoms with Crippen LogP contribution in [0.5, 0.6) is 0 Å². The Kier molecular flexibility index (Phi) is 7.49. The van der Waals surface area contributed by atoms with E-state index in [1.807, 2.05) is 51.2 Å². The number of aromatic nitrogens is 4. The van der Waals surface area contributed by atoms with E-state index in [1.165, 1.54) is 6.33 Å². The predicted molar refractivity (Wildman–Crippen MR) is 133 cm³/mol. The number of nitrogens with zero attached hydrogens (tertiary/aromatic N) is 6. The van der Waals surface area contributed by atoms with Crippen molar-refractivity contribution in [2.75, 3.05) is 64.2 Å². The third-order valence-corrected chi connectivity index (χ3v) is 5.92. The third-order valence-electron chi connectivity index (χ3n) is 5.92. The van der Waals surface area contributed by atoms with Gasteiger partial charge in [-0.1, -0.05) is 6.07 Å². The SMILES string of the molecule is Cc1ccc(C(=O)NCC2CCOC2)cc1Nc1ncnc2cnc(N(C)CCN(C)C)nc12. The smallest absolute Gasteiger partial charge is 0.251 e. The molecule has 1 unspecified atom stereocenters. The largest absolute Gasteiger partial charge is 0.381 e. The molecule has 0 radical (unpaired) electrons. The molecule has 2 N–H and O–H groups in total. The molecule has 0 bridgehead atoms. The van der Waals surface area contributed by atoms with Crippen LogP contribution in [0, 0.1) is 12.8 Å². The summed E-state index contributed by atoms with van der Waals surface area (Å²) in [5, 5.41) is 6.37. The van der Waals surface area contributed by atoms with Crippen LogP contribution in [-0.4, -0.2) is 84.7 Å². The lowest BCUT2D eigenvalue weighted by atomic mass is 10.1. The molecule has 0 aliphatic carbocycles. The summed E-state index contributed by atoms with van der Waals surface area (Å²) < 4.78 is 5.39. The van der Waals surface area contributed by atoms with Crippen LogP contribution in [0.4, 0.5) is 17.5 Å². The number of ether oxygens (including phenoxy) is 1. The molecule has 3 heterocycles. The zero-order valence-corrected chi connectivity index (χ0v) is 20.2. The van der Waals surface area contributed by atoms with Crippen LogP contribution in [0.3, 0.4) is 0 Å². The summed E-state index contributed by atoms with van der Waals surface area (Å²) in [5.74, 6) is 1.45. The zero-order chi connectivity index (χ0) is 24.1. The van der Waals surface area contributed by atoms with Crippen molar-refractivity contribution in [1.29, 1.82) is 0 Å². The average molecular weight is 465 g/mol. The fourth-order valence-corrected chi connectivity index (χ4v) is 3.68. The van der Waals surface area contributed by atoms with Crippen LogP contribution in [0.1, 0.15) is 22.3 Å². The predicted octanol–water partition coefficient (Wildman–Crippen LogP) is 2.24. The molecule has 180 valence electrons. The van der Waals surface area contributed by atoms with Crippen molar-refractivity contribution in [2.24, 2.45) is 5.92 Å². The molecule has 10 nitrogen and oxygen atoms in total. The van der Waals surface area contributed by atoms with Crippen LogP contribution in [-0.2, 0) is 4.74 Å². The number of fused-ring (bicyclic) bond motifs is 1. The molecule has 3 aromatic rings. The van der Waals surface area contributed by atoms with E-state index < -0.39 is 0 Å². The number of carbonyl (C=O) groups excluding carboxylic acids is 1. The lowest BCUT2D eigenvalue weighted by Crippen LogP contribution is -2.29. The number of amides is 1. The van der Waals surface area contributed by atoms with Gasteiger partial charge in [-0.25, -0.2) is 19.9 Å². The molecule has 1 amide bonds. The van der Waals surface area contributed by atoms with Gasteiger partial charge in [-0.05, 0) is 45.1 Å². The van der Waals surface area contributed by atoms with E-state index in [2.05, 4.69) is 30.5 Å². The van der Waals surface area contributed by atoms with Gasteiger partial charge in [0, 0.05) is 50.5 Å². The monoisotopic (exact) mass is 464 g/mol. The van der Waals surface area contributed by atoms with Gasteiger partial charge in [-0.2, -0.15) is 0 Å². The molecule has 1 aliphatic rings. The Bertz CT molecular complexity index is 1150. The topological polar surface area (TPSA) is 108 Å². The van der Waals surface area contributed by atoms with E-state index in [1.54, 1.807) is 6.20 Å². The highest BCUT2D eigenvalue weighted by Crippen LogP contribution is 2.25. The fourth-order valence-electron chi connectivity index (χ4n) is 3.68. The van der Waals surface area contributed by atoms with Crippen LogP contribution < -0.4 is 15.5 Å². The molecule has 0 spiro atoms. The molecule has 2 aromatic heterocycles. The quantitative estimate of drug-likeness (QED) is 0.493. The highest BCUT2D eigenvalue weighted by molar-refractivity contribution is 5.96. The number of hydrogen-bond donors (Lipinski definition) is 2. The first-order valence-corrected chi connectivity index (χ1v) is 11.5. The van der Waals surface area contributed by atoms with E-state index in [0.717, 1.165) is 37.4 Å². The van der Waals surface area contributed by atoms with Gasteiger partial charge in [0.2, 0.25) is 5.95 Å². The normalized spacial score (nSPS) is 15.6. The molecule has 4 rings (SSSR count). The summed E-state index contributed by atoms with van der Waals surface area (Å²) in [6, 6.07) is 5.60. The second kappa shape index (κ2) is 10.7. The number of hydrogen-bond acceptors (Lipinski definition) is 9. The highest BCUT2D eigenvalue weighted by Gasteiger charge is 2.18. The van der Waals surface area contributed by atoms with Crippen LogP contribution in [0.2, 0.25) is 0 Å². The number of rotatable bonds is 9. The molecule has 34 heavy (non-hydrogen) atoms. The van der Waals surface area contributed by atoms with Crippen molar-refractivity contribution in [2.45, 2.75) is 13.3 Å². The number of nitrogens with one attached hydrogen (secondary N) is 2. The Morgan fingerprint density at radius 2 is 2.03 bits per heavy atom. The van der Waals surface area contributed by atoms with E-state index in [-0.39, 0.29) is 5.91 Å². The van der Waals surface area contributed by atoms with Crippen molar-refractivity contribution in [1.82, 2.24) is 30.2 Å². The van der Waals surface area contributed by atoms with E-state index >= 15 is 0 Å². The van der Waals surface area contributed by atoms with Gasteiger partial charge in [-0.15, -0.1) is 0 Å². The van der Waals surface area contributed by atoms with Crippen molar-refractivity contribution >= 4 is 34.4 Å². The van der Waals surface area contributed by atoms with Crippen molar-refractivity contribution in [3.05, 3.63) is 41.9 Å². The second-order valence-electron chi connectivity index (χ2n) is 8.95. The lowest BCUT2D eigenvalue weighted by molar-refractivity contribution is 0.0945. The molecular weight excluding hydrogens is 432 g/mol. The summed E-state index contributed by atoms with van der Waals surface area (Å²) in [5.41, 5.74) is 3.64. The van der Waals surface area contributed by atoms with Crippen LogP contribution in [0.25, 0.3) is 11.0 Å². The first-order valence-electron chi connectivity index (χ1n) is 11.5. The molecule has 1 aromatic carbocycles. The summed E-state index contributed by atoms with van der Waals surface area (Å²) >= 11 is 0. The van der Waals surface area contributed by atoms with Gasteiger partial charge in [0.15, 0.2) is 5.82 Å². The minimum atomic E-state index is -0.102. The number of aryl methyl sites for hydroxylation is 1. The van der Waals surface area contributed by atoms with Crippen LogP contribution >= 0.6 is 0 Å². The number of anilines is 3. The van der Waals surface area contributed by atoms with Gasteiger partial charge in [0.25, 0.3) is 5.91 Å². The maximum atomic E-state index is 12.7. The number of likely N-dealkylation sites (N-methyl/N-ethyl adjacent to an activating group) is 2. The maximum absolute atomic E-state index is 12.7. The second-order valence-corrected chi connectivity index (χ2v) is 8.95. The minimum Gasteiger partial charge on any atom is -0.381 e. The van der Waals surface area contributed by atoms with Crippen molar-refractivity contribution < 1.29 is 9.53 Å². The van der Waals surface area contributed by atoms with Gasteiger partial charge >= 0.3 is 0 Å². The Morgan fingerprint density at radius 3 is 2.79 bits per heavy atom. The third kappa shape index (κ3) is 5.75. The summed E-state index contributed by atoms with van der Waals surface area (Å²) in [6.07, 6.45) is 4.18. The Balaban J connectivity index is 1.54. The molecule has 1 saturated heterocycles. The van der Waals surface area contributed by atoms with Gasteiger partial charge < -0.3 is 25.2 Å². The summed E-state index contributed by atoms with van der Waals surface area (Å²) in [7, 11) is 6.03. The molecule has 10 heteroatoms. The van der Waals surface area contributed by atoms with Gasteiger partial charge in [-0.3, -0.25) is 4.79 Å². The highest BCUT2D eigenvalue weighted by atomic mass is 16.5. The lowest BCUT2D eigenvalue weighted by Gasteiger charge is -2.20. The fraction of sp³-hybridized carbons (Fsp3) is 0.458. The summed E-state index contributed by atoms with van der Waals surface area (Å²) in [6.45, 7) is 5.75. The Hall–Kier alpha value is -3.37. The van der Waals surface area contributed by atoms with Crippen LogP contribution in [0.15, 0.2) is 30.7 Å². The van der Waals surface area contributed by atoms with E-state index in [4.69, 9.17) is 9.72 Å². The minimum absolute atomic E-state index is 0.102. The summed E-state index contributed by atoms with van der Waals surface area (Å²) in [4.78, 5) is 34.8. The maximum Gasteiger partial charge on any atom is 0.251 e. The van der Waals surface area contributed by atoms with Crippen molar-refractivity contribution in [3.63, 3.8) is 0 Å². The molecule has 1 aliphatic heterocycles. The molecule has 0 saturated carbocycles. The Labute approximate surface area is 199 Å². The van der Waals surface area contributed by atoms with E-state index in [9.17, 15) is 4.79 Å². The van der Waals surface area contributed by atoms with Gasteiger partial charge in [0.1, 0.15) is 17.4 Å².